The fourth-order valence-corrected chi connectivity index (χ4v) is 6.56. The van der Waals surface area contributed by atoms with Crippen LogP contribution in [0, 0.1) is 30.9 Å². The predicted molar refractivity (Wildman–Crippen MR) is 130 cm³/mol. The summed E-state index contributed by atoms with van der Waals surface area (Å²) >= 11 is 1.57. The van der Waals surface area contributed by atoms with E-state index in [0.717, 1.165) is 23.3 Å². The molecule has 1 fully saturated rings. The van der Waals surface area contributed by atoms with Gasteiger partial charge in [0, 0.05) is 50.1 Å². The van der Waals surface area contributed by atoms with E-state index in [0.29, 0.717) is 26.2 Å². The lowest BCUT2D eigenvalue weighted by atomic mass is 9.96. The molecule has 2 heterocycles. The first-order valence-corrected chi connectivity index (χ1v) is 13.0. The van der Waals surface area contributed by atoms with Crippen molar-refractivity contribution in [3.8, 4) is 0 Å². The Morgan fingerprint density at radius 1 is 1.06 bits per heavy atom. The maximum Gasteiger partial charge on any atom is 0.270 e. The zero-order valence-electron chi connectivity index (χ0n) is 18.8. The molecule has 2 aromatic carbocycles. The Morgan fingerprint density at radius 2 is 1.73 bits per heavy atom. The van der Waals surface area contributed by atoms with Crippen molar-refractivity contribution in [2.75, 3.05) is 31.1 Å². The van der Waals surface area contributed by atoms with Gasteiger partial charge < -0.3 is 4.90 Å². The van der Waals surface area contributed by atoms with Gasteiger partial charge in [-0.3, -0.25) is 10.1 Å². The molecular weight excluding hydrogens is 460 g/mol. The highest BCUT2D eigenvalue weighted by molar-refractivity contribution is 7.89. The highest BCUT2D eigenvalue weighted by Crippen LogP contribution is 2.27. The molecule has 0 spiro atoms. The van der Waals surface area contributed by atoms with Crippen molar-refractivity contribution in [3.63, 3.8) is 0 Å². The zero-order valence-corrected chi connectivity index (χ0v) is 20.4. The molecule has 174 valence electrons. The predicted octanol–water partition coefficient (Wildman–Crippen LogP) is 4.08. The Bertz CT molecular complexity index is 1270. The lowest BCUT2D eigenvalue weighted by molar-refractivity contribution is -0.385. The minimum atomic E-state index is -3.79. The molecule has 1 aliphatic rings. The Kier molecular flexibility index (Phi) is 6.51. The molecule has 1 saturated heterocycles. The smallest absolute Gasteiger partial charge is 0.270 e. The molecule has 4 rings (SSSR count). The van der Waals surface area contributed by atoms with E-state index in [1.54, 1.807) is 11.3 Å². The number of sulfonamides is 1. The van der Waals surface area contributed by atoms with Crippen LogP contribution in [-0.2, 0) is 16.4 Å². The first-order chi connectivity index (χ1) is 15.6. The van der Waals surface area contributed by atoms with E-state index in [1.165, 1.54) is 44.8 Å². The average molecular weight is 487 g/mol. The Labute approximate surface area is 197 Å². The fraction of sp³-hybridized carbons (Fsp3) is 0.348. The topological polar surface area (TPSA) is 96.7 Å². The second-order valence-corrected chi connectivity index (χ2v) is 11.1. The fourth-order valence-electron chi connectivity index (χ4n) is 4.22. The third-order valence-electron chi connectivity index (χ3n) is 5.91. The number of rotatable bonds is 6. The van der Waals surface area contributed by atoms with Crippen molar-refractivity contribution in [1.29, 1.82) is 0 Å². The molecule has 0 bridgehead atoms. The monoisotopic (exact) mass is 486 g/mol. The van der Waals surface area contributed by atoms with Crippen molar-refractivity contribution in [2.24, 2.45) is 0 Å². The van der Waals surface area contributed by atoms with Gasteiger partial charge >= 0.3 is 0 Å². The second kappa shape index (κ2) is 9.20. The summed E-state index contributed by atoms with van der Waals surface area (Å²) < 4.78 is 27.3. The normalized spacial score (nSPS) is 15.1. The summed E-state index contributed by atoms with van der Waals surface area (Å²) in [6, 6.07) is 9.58. The minimum absolute atomic E-state index is 0.0504. The summed E-state index contributed by atoms with van der Waals surface area (Å²) in [6.07, 6.45) is 0.773. The Morgan fingerprint density at radius 3 is 2.36 bits per heavy atom. The van der Waals surface area contributed by atoms with Crippen LogP contribution in [0.5, 0.6) is 0 Å². The van der Waals surface area contributed by atoms with Gasteiger partial charge in [0.15, 0.2) is 5.13 Å². The van der Waals surface area contributed by atoms with E-state index in [4.69, 9.17) is 4.98 Å². The molecule has 0 unspecified atom stereocenters. The molecule has 1 aliphatic heterocycles. The van der Waals surface area contributed by atoms with E-state index >= 15 is 0 Å². The minimum Gasteiger partial charge on any atom is -0.345 e. The number of hydrogen-bond acceptors (Lipinski definition) is 7. The second-order valence-electron chi connectivity index (χ2n) is 8.32. The molecule has 8 nitrogen and oxygen atoms in total. The Balaban J connectivity index is 1.43. The van der Waals surface area contributed by atoms with Gasteiger partial charge in [-0.1, -0.05) is 23.8 Å². The summed E-state index contributed by atoms with van der Waals surface area (Å²) in [7, 11) is -3.79. The number of nitrogens with zero attached hydrogens (tertiary/aromatic N) is 4. The lowest BCUT2D eigenvalue weighted by Gasteiger charge is -2.33. The zero-order chi connectivity index (χ0) is 23.8. The first kappa shape index (κ1) is 23.3. The van der Waals surface area contributed by atoms with E-state index < -0.39 is 14.9 Å². The third kappa shape index (κ3) is 4.92. The molecule has 33 heavy (non-hydrogen) atoms. The number of anilines is 1. The molecule has 0 aliphatic carbocycles. The van der Waals surface area contributed by atoms with Crippen LogP contribution in [0.15, 0.2) is 46.7 Å². The maximum atomic E-state index is 13.0. The molecule has 3 aromatic rings. The number of aromatic nitrogens is 1. The van der Waals surface area contributed by atoms with Crippen molar-refractivity contribution in [1.82, 2.24) is 9.29 Å². The van der Waals surface area contributed by atoms with E-state index in [1.807, 2.05) is 0 Å². The maximum absolute atomic E-state index is 13.0. The summed E-state index contributed by atoms with van der Waals surface area (Å²) in [4.78, 5) is 17.3. The van der Waals surface area contributed by atoms with Crippen molar-refractivity contribution in [2.45, 2.75) is 32.1 Å². The van der Waals surface area contributed by atoms with Crippen molar-refractivity contribution in [3.05, 3.63) is 79.8 Å². The van der Waals surface area contributed by atoms with Crippen LogP contribution in [0.4, 0.5) is 10.8 Å². The molecule has 0 saturated carbocycles. The summed E-state index contributed by atoms with van der Waals surface area (Å²) in [5, 5.41) is 14.0. The lowest BCUT2D eigenvalue weighted by Crippen LogP contribution is -2.48. The summed E-state index contributed by atoms with van der Waals surface area (Å²) in [6.45, 7) is 8.00. The largest absolute Gasteiger partial charge is 0.345 e. The van der Waals surface area contributed by atoms with Gasteiger partial charge in [0.25, 0.3) is 5.69 Å². The molecule has 10 heteroatoms. The SMILES string of the molecule is Cc1cc(C)c(Cc2csc(N3CCN(S(=O)(=O)c4cccc([N+](=O)[O-])c4)CC3)n2)c(C)c1. The van der Waals surface area contributed by atoms with Gasteiger partial charge in [-0.25, -0.2) is 13.4 Å². The van der Waals surface area contributed by atoms with Crippen LogP contribution < -0.4 is 4.90 Å². The van der Waals surface area contributed by atoms with Crippen LogP contribution >= 0.6 is 11.3 Å². The number of aryl methyl sites for hydroxylation is 3. The highest BCUT2D eigenvalue weighted by atomic mass is 32.2. The van der Waals surface area contributed by atoms with E-state index in [-0.39, 0.29) is 10.6 Å². The highest BCUT2D eigenvalue weighted by Gasteiger charge is 2.30. The van der Waals surface area contributed by atoms with Gasteiger partial charge in [0.2, 0.25) is 10.0 Å². The number of benzene rings is 2. The van der Waals surface area contributed by atoms with Gasteiger partial charge in [-0.15, -0.1) is 11.3 Å². The number of hydrogen-bond donors (Lipinski definition) is 0. The molecule has 0 radical (unpaired) electrons. The standard InChI is InChI=1S/C23H26N4O4S2/c1-16-11-17(2)22(18(3)12-16)13-19-15-32-23(24-19)25-7-9-26(10-8-25)33(30,31)21-6-4-5-20(14-21)27(28)29/h4-6,11-12,14-15H,7-10,13H2,1-3H3. The van der Waals surface area contributed by atoms with Crippen molar-refractivity contribution >= 4 is 32.2 Å². The molecule has 1 aromatic heterocycles. The van der Waals surface area contributed by atoms with E-state index in [2.05, 4.69) is 43.2 Å². The first-order valence-electron chi connectivity index (χ1n) is 10.7. The Hall–Kier alpha value is -2.82. The van der Waals surface area contributed by atoms with Gasteiger partial charge in [0.05, 0.1) is 15.5 Å². The van der Waals surface area contributed by atoms with Gasteiger partial charge in [0.1, 0.15) is 0 Å². The number of nitro benzene ring substituents is 1. The van der Waals surface area contributed by atoms with Gasteiger partial charge in [-0.2, -0.15) is 4.31 Å². The summed E-state index contributed by atoms with van der Waals surface area (Å²) in [5.74, 6) is 0. The molecule has 0 atom stereocenters. The van der Waals surface area contributed by atoms with Crippen LogP contribution in [0.1, 0.15) is 27.9 Å². The molecule has 0 amide bonds. The van der Waals surface area contributed by atoms with E-state index in [9.17, 15) is 18.5 Å². The summed E-state index contributed by atoms with van der Waals surface area (Å²) in [5.41, 5.74) is 5.86. The number of nitro groups is 1. The molecule has 0 N–H and O–H groups in total. The van der Waals surface area contributed by atoms with Crippen LogP contribution in [0.25, 0.3) is 0 Å². The number of piperazine rings is 1. The van der Waals surface area contributed by atoms with Crippen molar-refractivity contribution < 1.29 is 13.3 Å². The number of thiazole rings is 1. The van der Waals surface area contributed by atoms with Gasteiger partial charge in [-0.05, 0) is 43.5 Å². The quantitative estimate of drug-likeness (QED) is 0.385. The number of non-ortho nitro benzene ring substituents is 1. The van der Waals surface area contributed by atoms with Crippen LogP contribution in [-0.4, -0.2) is 48.8 Å². The average Bonchev–Trinajstić information content (AvgIpc) is 3.25. The third-order valence-corrected chi connectivity index (χ3v) is 8.76. The molecular formula is C23H26N4O4S2. The van der Waals surface area contributed by atoms with Crippen LogP contribution in [0.3, 0.4) is 0 Å². The van der Waals surface area contributed by atoms with Crippen LogP contribution in [0.2, 0.25) is 0 Å².